The molecular weight excluding hydrogens is 392 g/mol. The van der Waals surface area contributed by atoms with Crippen LogP contribution >= 0.6 is 12.4 Å². The highest BCUT2D eigenvalue weighted by Gasteiger charge is 2.32. The monoisotopic (exact) mass is 418 g/mol. The van der Waals surface area contributed by atoms with Gasteiger partial charge in [-0.1, -0.05) is 0 Å². The molecule has 0 saturated carbocycles. The van der Waals surface area contributed by atoms with Crippen molar-refractivity contribution in [1.29, 1.82) is 0 Å². The third-order valence-electron chi connectivity index (χ3n) is 5.70. The second-order valence-electron chi connectivity index (χ2n) is 7.49. The number of carbonyl (C=O) groups excluding carboxylic acids is 2. The average Bonchev–Trinajstić information content (AvgIpc) is 2.72. The lowest BCUT2D eigenvalue weighted by Crippen LogP contribution is -2.57. The summed E-state index contributed by atoms with van der Waals surface area (Å²) in [4.78, 5) is 33.9. The number of pyridine rings is 1. The number of nitrogens with one attached hydrogen (secondary N) is 1. The third-order valence-corrected chi connectivity index (χ3v) is 5.70. The molecule has 2 fully saturated rings. The largest absolute Gasteiger partial charge is 0.497 e. The van der Waals surface area contributed by atoms with Crippen molar-refractivity contribution in [2.75, 3.05) is 39.8 Å². The SMILES string of the molecule is COc1ccc2cc(C(=O)N3CCCC(N4CCNCC4=O)C3)c(C)nc2c1.Cl. The van der Waals surface area contributed by atoms with E-state index in [0.29, 0.717) is 30.9 Å². The van der Waals surface area contributed by atoms with Gasteiger partial charge in [-0.2, -0.15) is 0 Å². The number of rotatable bonds is 3. The van der Waals surface area contributed by atoms with E-state index >= 15 is 0 Å². The third kappa shape index (κ3) is 4.31. The summed E-state index contributed by atoms with van der Waals surface area (Å²) in [6.07, 6.45) is 1.86. The average molecular weight is 419 g/mol. The molecule has 29 heavy (non-hydrogen) atoms. The van der Waals surface area contributed by atoms with Gasteiger partial charge >= 0.3 is 0 Å². The fraction of sp³-hybridized carbons (Fsp3) is 0.476. The highest BCUT2D eigenvalue weighted by Crippen LogP contribution is 2.24. The van der Waals surface area contributed by atoms with Crippen molar-refractivity contribution in [2.24, 2.45) is 0 Å². The molecule has 156 valence electrons. The quantitative estimate of drug-likeness (QED) is 0.825. The van der Waals surface area contributed by atoms with Crippen LogP contribution in [-0.2, 0) is 4.79 Å². The molecule has 0 spiro atoms. The number of nitrogens with zero attached hydrogens (tertiary/aromatic N) is 3. The molecule has 1 unspecified atom stereocenters. The van der Waals surface area contributed by atoms with Gasteiger partial charge in [-0.25, -0.2) is 0 Å². The lowest BCUT2D eigenvalue weighted by Gasteiger charge is -2.41. The van der Waals surface area contributed by atoms with E-state index in [2.05, 4.69) is 10.3 Å². The number of fused-ring (bicyclic) bond motifs is 1. The molecule has 3 heterocycles. The molecule has 0 bridgehead atoms. The van der Waals surface area contributed by atoms with Gasteiger partial charge < -0.3 is 19.9 Å². The van der Waals surface area contributed by atoms with Crippen molar-refractivity contribution in [3.05, 3.63) is 35.5 Å². The molecule has 0 aliphatic carbocycles. The zero-order valence-corrected chi connectivity index (χ0v) is 17.6. The number of ether oxygens (including phenoxy) is 1. The molecule has 4 rings (SSSR count). The van der Waals surface area contributed by atoms with Crippen LogP contribution in [0.25, 0.3) is 10.9 Å². The van der Waals surface area contributed by atoms with E-state index in [0.717, 1.165) is 42.6 Å². The molecule has 1 aromatic carbocycles. The van der Waals surface area contributed by atoms with Gasteiger partial charge in [0.1, 0.15) is 5.75 Å². The normalized spacial score (nSPS) is 19.8. The number of halogens is 1. The number of piperazine rings is 1. The Morgan fingerprint density at radius 1 is 1.28 bits per heavy atom. The van der Waals surface area contributed by atoms with Crippen LogP contribution in [0.3, 0.4) is 0 Å². The first-order valence-corrected chi connectivity index (χ1v) is 9.81. The minimum Gasteiger partial charge on any atom is -0.497 e. The summed E-state index contributed by atoms with van der Waals surface area (Å²) in [7, 11) is 1.63. The minimum absolute atomic E-state index is 0. The Morgan fingerprint density at radius 2 is 2.10 bits per heavy atom. The first kappa shape index (κ1) is 21.3. The van der Waals surface area contributed by atoms with Crippen LogP contribution in [0.1, 0.15) is 28.9 Å². The number of carbonyl (C=O) groups is 2. The van der Waals surface area contributed by atoms with Crippen LogP contribution in [0.2, 0.25) is 0 Å². The van der Waals surface area contributed by atoms with Gasteiger partial charge in [-0.05, 0) is 38.0 Å². The maximum Gasteiger partial charge on any atom is 0.255 e. The molecule has 1 aromatic heterocycles. The summed E-state index contributed by atoms with van der Waals surface area (Å²) >= 11 is 0. The van der Waals surface area contributed by atoms with Gasteiger partial charge in [0.25, 0.3) is 5.91 Å². The summed E-state index contributed by atoms with van der Waals surface area (Å²) in [5.74, 6) is 0.871. The Kier molecular flexibility index (Phi) is 6.59. The molecule has 7 nitrogen and oxygen atoms in total. The fourth-order valence-corrected chi connectivity index (χ4v) is 4.16. The first-order valence-electron chi connectivity index (χ1n) is 9.81. The zero-order chi connectivity index (χ0) is 19.7. The lowest BCUT2D eigenvalue weighted by molar-refractivity contribution is -0.135. The topological polar surface area (TPSA) is 74.8 Å². The number of aromatic nitrogens is 1. The Labute approximate surface area is 176 Å². The molecule has 1 atom stereocenters. The van der Waals surface area contributed by atoms with Gasteiger partial charge in [0.2, 0.25) is 5.91 Å². The highest BCUT2D eigenvalue weighted by atomic mass is 35.5. The highest BCUT2D eigenvalue weighted by molar-refractivity contribution is 5.99. The number of piperidine rings is 1. The Balaban J connectivity index is 0.00000240. The van der Waals surface area contributed by atoms with E-state index in [9.17, 15) is 9.59 Å². The van der Waals surface area contributed by atoms with Crippen molar-refractivity contribution in [3.63, 3.8) is 0 Å². The lowest BCUT2D eigenvalue weighted by atomic mass is 10.0. The molecule has 2 saturated heterocycles. The summed E-state index contributed by atoms with van der Waals surface area (Å²) in [5, 5.41) is 4.02. The Hall–Kier alpha value is -2.38. The van der Waals surface area contributed by atoms with E-state index in [1.807, 2.05) is 41.0 Å². The number of amides is 2. The van der Waals surface area contributed by atoms with Crippen LogP contribution in [0.15, 0.2) is 24.3 Å². The van der Waals surface area contributed by atoms with Crippen LogP contribution in [0, 0.1) is 6.92 Å². The fourth-order valence-electron chi connectivity index (χ4n) is 4.16. The number of likely N-dealkylation sites (tertiary alicyclic amines) is 1. The Bertz CT molecular complexity index is 920. The molecule has 0 radical (unpaired) electrons. The van der Waals surface area contributed by atoms with E-state index in [1.165, 1.54) is 0 Å². The van der Waals surface area contributed by atoms with Crippen molar-refractivity contribution >= 4 is 35.1 Å². The van der Waals surface area contributed by atoms with Crippen molar-refractivity contribution in [1.82, 2.24) is 20.1 Å². The van der Waals surface area contributed by atoms with E-state index in [1.54, 1.807) is 7.11 Å². The molecule has 8 heteroatoms. The summed E-state index contributed by atoms with van der Waals surface area (Å²) < 4.78 is 5.26. The summed E-state index contributed by atoms with van der Waals surface area (Å²) in [6, 6.07) is 7.70. The van der Waals surface area contributed by atoms with Gasteiger partial charge in [0.05, 0.1) is 30.4 Å². The molecule has 1 N–H and O–H groups in total. The van der Waals surface area contributed by atoms with Crippen molar-refractivity contribution < 1.29 is 14.3 Å². The van der Waals surface area contributed by atoms with Crippen LogP contribution in [0.5, 0.6) is 5.75 Å². The minimum atomic E-state index is -0.00463. The van der Waals surface area contributed by atoms with Crippen LogP contribution in [-0.4, -0.2) is 72.5 Å². The number of methoxy groups -OCH3 is 1. The van der Waals surface area contributed by atoms with Gasteiger partial charge in [-0.15, -0.1) is 12.4 Å². The smallest absolute Gasteiger partial charge is 0.255 e. The van der Waals surface area contributed by atoms with E-state index in [-0.39, 0.29) is 30.3 Å². The molecule has 2 aromatic rings. The van der Waals surface area contributed by atoms with Gasteiger partial charge in [0.15, 0.2) is 0 Å². The van der Waals surface area contributed by atoms with Crippen molar-refractivity contribution in [3.8, 4) is 5.75 Å². The second-order valence-corrected chi connectivity index (χ2v) is 7.49. The van der Waals surface area contributed by atoms with Crippen LogP contribution in [0.4, 0.5) is 0 Å². The zero-order valence-electron chi connectivity index (χ0n) is 16.8. The maximum absolute atomic E-state index is 13.2. The van der Waals surface area contributed by atoms with Gasteiger partial charge in [0, 0.05) is 43.7 Å². The molecule has 2 aliphatic heterocycles. The van der Waals surface area contributed by atoms with E-state index in [4.69, 9.17) is 4.74 Å². The Morgan fingerprint density at radius 3 is 2.86 bits per heavy atom. The molecular formula is C21H27ClN4O3. The van der Waals surface area contributed by atoms with Gasteiger partial charge in [-0.3, -0.25) is 14.6 Å². The number of hydrogen-bond acceptors (Lipinski definition) is 5. The predicted octanol–water partition coefficient (Wildman–Crippen LogP) is 2.01. The standard InChI is InChI=1S/C21H26N4O3.ClH/c1-14-18(10-15-5-6-17(28-2)11-19(15)23-14)21(27)24-8-3-4-16(13-24)25-9-7-22-12-20(25)26;/h5-6,10-11,16,22H,3-4,7-9,12-13H2,1-2H3;1H. The predicted molar refractivity (Wildman–Crippen MR) is 114 cm³/mol. The number of benzene rings is 1. The summed E-state index contributed by atoms with van der Waals surface area (Å²) in [5.41, 5.74) is 2.16. The number of hydrogen-bond donors (Lipinski definition) is 1. The second kappa shape index (κ2) is 8.97. The summed E-state index contributed by atoms with van der Waals surface area (Å²) in [6.45, 7) is 5.09. The van der Waals surface area contributed by atoms with Crippen molar-refractivity contribution in [2.45, 2.75) is 25.8 Å². The van der Waals surface area contributed by atoms with Crippen LogP contribution < -0.4 is 10.1 Å². The number of aryl methyl sites for hydroxylation is 1. The maximum atomic E-state index is 13.2. The first-order chi connectivity index (χ1) is 13.6. The molecule has 2 aliphatic rings. The van der Waals surface area contributed by atoms with E-state index < -0.39 is 0 Å². The molecule has 2 amide bonds.